The summed E-state index contributed by atoms with van der Waals surface area (Å²) in [6.45, 7) is 7.31. The van der Waals surface area contributed by atoms with Gasteiger partial charge in [-0.3, -0.25) is 0 Å². The minimum atomic E-state index is 0.119. The van der Waals surface area contributed by atoms with Crippen molar-refractivity contribution in [2.75, 3.05) is 13.2 Å². The Kier molecular flexibility index (Phi) is 6.01. The van der Waals surface area contributed by atoms with Crippen LogP contribution in [0.3, 0.4) is 0 Å². The molecule has 0 unspecified atom stereocenters. The molecule has 3 heteroatoms. The third kappa shape index (κ3) is 5.20. The normalized spacial score (nSPS) is 12.8. The minimum Gasteiger partial charge on any atom is -0.491 e. The number of nitrogens with two attached hydrogens (primary N) is 1. The van der Waals surface area contributed by atoms with Crippen molar-refractivity contribution >= 4 is 0 Å². The highest BCUT2D eigenvalue weighted by atomic mass is 16.5. The lowest BCUT2D eigenvalue weighted by Crippen LogP contribution is -2.11. The van der Waals surface area contributed by atoms with Gasteiger partial charge in [0.1, 0.15) is 12.4 Å². The van der Waals surface area contributed by atoms with Gasteiger partial charge in [0.05, 0.1) is 12.7 Å². The summed E-state index contributed by atoms with van der Waals surface area (Å²) < 4.78 is 11.0. The minimum absolute atomic E-state index is 0.119. The van der Waals surface area contributed by atoms with Crippen LogP contribution in [-0.2, 0) is 4.74 Å². The van der Waals surface area contributed by atoms with E-state index >= 15 is 0 Å². The van der Waals surface area contributed by atoms with Crippen molar-refractivity contribution in [1.82, 2.24) is 0 Å². The van der Waals surface area contributed by atoms with E-state index in [1.165, 1.54) is 0 Å². The van der Waals surface area contributed by atoms with Gasteiger partial charge in [-0.1, -0.05) is 19.1 Å². The summed E-state index contributed by atoms with van der Waals surface area (Å²) in [7, 11) is 0. The van der Waals surface area contributed by atoms with Crippen molar-refractivity contribution in [3.8, 4) is 5.75 Å². The quantitative estimate of drug-likeness (QED) is 0.742. The Morgan fingerprint density at radius 1 is 1.12 bits per heavy atom. The fraction of sp³-hybridized carbons (Fsp3) is 0.571. The largest absolute Gasteiger partial charge is 0.491 e. The first-order chi connectivity index (χ1) is 8.13. The van der Waals surface area contributed by atoms with Crippen LogP contribution in [0.2, 0.25) is 0 Å². The Labute approximate surface area is 104 Å². The fourth-order valence-electron chi connectivity index (χ4n) is 1.49. The second kappa shape index (κ2) is 7.30. The summed E-state index contributed by atoms with van der Waals surface area (Å²) in [6, 6.07) is 8.08. The molecule has 0 aromatic heterocycles. The summed E-state index contributed by atoms with van der Waals surface area (Å²) in [6.07, 6.45) is 1.20. The molecule has 0 aliphatic rings. The van der Waals surface area contributed by atoms with Gasteiger partial charge in [-0.2, -0.15) is 0 Å². The zero-order chi connectivity index (χ0) is 12.7. The van der Waals surface area contributed by atoms with Gasteiger partial charge in [-0.25, -0.2) is 0 Å². The van der Waals surface area contributed by atoms with Crippen LogP contribution >= 0.6 is 0 Å². The molecule has 17 heavy (non-hydrogen) atoms. The number of rotatable bonds is 7. The summed E-state index contributed by atoms with van der Waals surface area (Å²) in [4.78, 5) is 0. The lowest BCUT2D eigenvalue weighted by atomic mass is 10.1. The molecule has 0 spiro atoms. The standard InChI is InChI=1S/C14H23NO2/c1-4-14(15)12-5-7-13(8-6-12)17-10-9-16-11(2)3/h5-8,11,14H,4,9-10,15H2,1-3H3/t14-/m0/s1. The van der Waals surface area contributed by atoms with E-state index in [2.05, 4.69) is 6.92 Å². The summed E-state index contributed by atoms with van der Waals surface area (Å²) in [5.41, 5.74) is 7.09. The summed E-state index contributed by atoms with van der Waals surface area (Å²) >= 11 is 0. The van der Waals surface area contributed by atoms with Crippen LogP contribution < -0.4 is 10.5 Å². The molecule has 3 nitrogen and oxygen atoms in total. The van der Waals surface area contributed by atoms with Gasteiger partial charge in [-0.15, -0.1) is 0 Å². The molecular weight excluding hydrogens is 214 g/mol. The van der Waals surface area contributed by atoms with Crippen LogP contribution in [0.5, 0.6) is 5.75 Å². The van der Waals surface area contributed by atoms with E-state index in [9.17, 15) is 0 Å². The van der Waals surface area contributed by atoms with Crippen molar-refractivity contribution in [1.29, 1.82) is 0 Å². The third-order valence-corrected chi connectivity index (χ3v) is 2.55. The van der Waals surface area contributed by atoms with Crippen molar-refractivity contribution in [2.45, 2.75) is 39.3 Å². The van der Waals surface area contributed by atoms with E-state index in [4.69, 9.17) is 15.2 Å². The lowest BCUT2D eigenvalue weighted by molar-refractivity contribution is 0.0552. The molecule has 1 rings (SSSR count). The maximum Gasteiger partial charge on any atom is 0.119 e. The molecule has 0 fully saturated rings. The van der Waals surface area contributed by atoms with Crippen molar-refractivity contribution in [3.05, 3.63) is 29.8 Å². The fourth-order valence-corrected chi connectivity index (χ4v) is 1.49. The van der Waals surface area contributed by atoms with Crippen LogP contribution in [0, 0.1) is 0 Å². The zero-order valence-corrected chi connectivity index (χ0v) is 11.0. The molecule has 2 N–H and O–H groups in total. The van der Waals surface area contributed by atoms with E-state index in [1.54, 1.807) is 0 Å². The molecule has 96 valence electrons. The van der Waals surface area contributed by atoms with Crippen LogP contribution in [0.25, 0.3) is 0 Å². The SMILES string of the molecule is CC[C@H](N)c1ccc(OCCOC(C)C)cc1. The van der Waals surface area contributed by atoms with Gasteiger partial charge in [0.2, 0.25) is 0 Å². The predicted octanol–water partition coefficient (Wildman–Crippen LogP) is 2.90. The highest BCUT2D eigenvalue weighted by Crippen LogP contribution is 2.18. The van der Waals surface area contributed by atoms with Crippen LogP contribution in [-0.4, -0.2) is 19.3 Å². The van der Waals surface area contributed by atoms with Crippen molar-refractivity contribution < 1.29 is 9.47 Å². The maximum absolute atomic E-state index is 5.94. The van der Waals surface area contributed by atoms with E-state index in [0.717, 1.165) is 17.7 Å². The van der Waals surface area contributed by atoms with Crippen molar-refractivity contribution in [2.24, 2.45) is 5.73 Å². The van der Waals surface area contributed by atoms with Crippen molar-refractivity contribution in [3.63, 3.8) is 0 Å². The van der Waals surface area contributed by atoms with Crippen LogP contribution in [0.15, 0.2) is 24.3 Å². The van der Waals surface area contributed by atoms with E-state index in [-0.39, 0.29) is 12.1 Å². The Hall–Kier alpha value is -1.06. The molecular formula is C14H23NO2. The third-order valence-electron chi connectivity index (χ3n) is 2.55. The highest BCUT2D eigenvalue weighted by molar-refractivity contribution is 5.28. The second-order valence-electron chi connectivity index (χ2n) is 4.35. The van der Waals surface area contributed by atoms with Gasteiger partial charge in [0, 0.05) is 6.04 Å². The van der Waals surface area contributed by atoms with E-state index < -0.39 is 0 Å². The van der Waals surface area contributed by atoms with Gasteiger partial charge in [0.15, 0.2) is 0 Å². The molecule has 0 saturated carbocycles. The summed E-state index contributed by atoms with van der Waals surface area (Å²) in [5, 5.41) is 0. The molecule has 0 aliphatic heterocycles. The van der Waals surface area contributed by atoms with Gasteiger partial charge in [0.25, 0.3) is 0 Å². The second-order valence-corrected chi connectivity index (χ2v) is 4.35. The Morgan fingerprint density at radius 3 is 2.29 bits per heavy atom. The molecule has 0 saturated heterocycles. The summed E-state index contributed by atoms with van der Waals surface area (Å²) in [5.74, 6) is 0.865. The molecule has 0 radical (unpaired) electrons. The average molecular weight is 237 g/mol. The molecule has 0 bridgehead atoms. The van der Waals surface area contributed by atoms with Gasteiger partial charge >= 0.3 is 0 Å². The Balaban J connectivity index is 2.35. The Bertz CT molecular complexity index is 309. The zero-order valence-electron chi connectivity index (χ0n) is 11.0. The first-order valence-electron chi connectivity index (χ1n) is 6.23. The molecule has 0 amide bonds. The number of ether oxygens (including phenoxy) is 2. The van der Waals surface area contributed by atoms with E-state index in [1.807, 2.05) is 38.1 Å². The first kappa shape index (κ1) is 14.0. The number of hydrogen-bond acceptors (Lipinski definition) is 3. The molecule has 1 aromatic rings. The average Bonchev–Trinajstić information content (AvgIpc) is 2.34. The van der Waals surface area contributed by atoms with Crippen LogP contribution in [0.1, 0.15) is 38.8 Å². The number of benzene rings is 1. The lowest BCUT2D eigenvalue weighted by Gasteiger charge is -2.11. The predicted molar refractivity (Wildman–Crippen MR) is 70.2 cm³/mol. The van der Waals surface area contributed by atoms with E-state index in [0.29, 0.717) is 13.2 Å². The van der Waals surface area contributed by atoms with Gasteiger partial charge in [-0.05, 0) is 38.0 Å². The smallest absolute Gasteiger partial charge is 0.119 e. The number of hydrogen-bond donors (Lipinski definition) is 1. The maximum atomic E-state index is 5.94. The molecule has 1 atom stereocenters. The first-order valence-corrected chi connectivity index (χ1v) is 6.23. The Morgan fingerprint density at radius 2 is 1.76 bits per heavy atom. The van der Waals surface area contributed by atoms with Gasteiger partial charge < -0.3 is 15.2 Å². The van der Waals surface area contributed by atoms with Crippen LogP contribution in [0.4, 0.5) is 0 Å². The molecule has 0 aliphatic carbocycles. The topological polar surface area (TPSA) is 44.5 Å². The molecule has 0 heterocycles. The molecule has 1 aromatic carbocycles. The highest BCUT2D eigenvalue weighted by Gasteiger charge is 2.03. The monoisotopic (exact) mass is 237 g/mol.